The molecule has 0 spiro atoms. The highest BCUT2D eigenvalue weighted by Gasteiger charge is 2.35. The molecule has 124 valence electrons. The summed E-state index contributed by atoms with van der Waals surface area (Å²) in [5.74, 6) is -1.50. The van der Waals surface area contributed by atoms with Gasteiger partial charge in [-0.05, 0) is 19.8 Å². The summed E-state index contributed by atoms with van der Waals surface area (Å²) in [6.45, 7) is 1.45. The van der Waals surface area contributed by atoms with Crippen LogP contribution in [0.1, 0.15) is 51.9 Å². The Balaban J connectivity index is 1.91. The molecule has 0 radical (unpaired) electrons. The van der Waals surface area contributed by atoms with Crippen molar-refractivity contribution in [1.82, 2.24) is 10.7 Å². The summed E-state index contributed by atoms with van der Waals surface area (Å²) >= 11 is 0. The van der Waals surface area contributed by atoms with Crippen molar-refractivity contribution in [3.8, 4) is 6.07 Å². The number of nitrogens with one attached hydrogen (secondary N) is 2. The number of esters is 1. The molecule has 8 nitrogen and oxygen atoms in total. The Hall–Kier alpha value is -2.43. The van der Waals surface area contributed by atoms with E-state index in [4.69, 9.17) is 4.74 Å². The third-order valence-electron chi connectivity index (χ3n) is 4.08. The molecule has 2 aliphatic rings. The molecule has 0 aromatic carbocycles. The van der Waals surface area contributed by atoms with Crippen molar-refractivity contribution in [3.05, 3.63) is 0 Å². The van der Waals surface area contributed by atoms with E-state index in [9.17, 15) is 19.6 Å². The minimum Gasteiger partial charge on any atom is -0.448 e. The Morgan fingerprint density at radius 3 is 2.61 bits per heavy atom. The molecule has 8 heteroatoms. The van der Waals surface area contributed by atoms with Crippen LogP contribution in [-0.2, 0) is 19.1 Å². The van der Waals surface area contributed by atoms with Crippen LogP contribution in [0, 0.1) is 11.3 Å². The molecule has 2 amide bonds. The van der Waals surface area contributed by atoms with Crippen LogP contribution in [0.5, 0.6) is 0 Å². The Bertz CT molecular complexity index is 573. The third-order valence-corrected chi connectivity index (χ3v) is 4.08. The second-order valence-corrected chi connectivity index (χ2v) is 5.88. The first-order chi connectivity index (χ1) is 11.0. The minimum atomic E-state index is -1.03. The fourth-order valence-corrected chi connectivity index (χ4v) is 2.66. The van der Waals surface area contributed by atoms with Gasteiger partial charge in [0, 0.05) is 12.8 Å². The van der Waals surface area contributed by atoms with Gasteiger partial charge in [0.15, 0.2) is 6.10 Å². The van der Waals surface area contributed by atoms with Gasteiger partial charge in [-0.1, -0.05) is 19.3 Å². The molecule has 23 heavy (non-hydrogen) atoms. The fraction of sp³-hybridized carbons (Fsp3) is 0.667. The van der Waals surface area contributed by atoms with Crippen molar-refractivity contribution in [3.63, 3.8) is 0 Å². The molecule has 1 atom stereocenters. The molecule has 1 aliphatic carbocycles. The summed E-state index contributed by atoms with van der Waals surface area (Å²) in [4.78, 5) is 35.1. The van der Waals surface area contributed by atoms with Crippen molar-refractivity contribution < 1.29 is 19.1 Å². The largest absolute Gasteiger partial charge is 0.448 e. The van der Waals surface area contributed by atoms with Crippen molar-refractivity contribution in [2.45, 2.75) is 63.5 Å². The van der Waals surface area contributed by atoms with Crippen LogP contribution in [0.4, 0.5) is 0 Å². The lowest BCUT2D eigenvalue weighted by Crippen LogP contribution is -2.52. The van der Waals surface area contributed by atoms with Crippen molar-refractivity contribution in [2.75, 3.05) is 0 Å². The number of carbonyl (C=O) groups excluding carboxylic acids is 3. The second-order valence-electron chi connectivity index (χ2n) is 5.88. The quantitative estimate of drug-likeness (QED) is 0.732. The number of amides is 2. The first-order valence-electron chi connectivity index (χ1n) is 7.75. The maximum absolute atomic E-state index is 12.2. The minimum absolute atomic E-state index is 0.0805. The van der Waals surface area contributed by atoms with E-state index in [1.54, 1.807) is 0 Å². The van der Waals surface area contributed by atoms with Crippen molar-refractivity contribution >= 4 is 23.5 Å². The predicted octanol–water partition coefficient (Wildman–Crippen LogP) is 0.527. The van der Waals surface area contributed by atoms with Gasteiger partial charge in [0.05, 0.1) is 6.07 Å². The van der Waals surface area contributed by atoms with Gasteiger partial charge in [-0.25, -0.2) is 10.2 Å². The molecule has 1 aliphatic heterocycles. The lowest BCUT2D eigenvalue weighted by molar-refractivity contribution is -0.149. The molecule has 0 aromatic heterocycles. The van der Waals surface area contributed by atoms with Gasteiger partial charge in [-0.3, -0.25) is 9.59 Å². The van der Waals surface area contributed by atoms with E-state index in [0.29, 0.717) is 12.8 Å². The van der Waals surface area contributed by atoms with Crippen LogP contribution < -0.4 is 10.7 Å². The third kappa shape index (κ3) is 4.28. The molecule has 0 bridgehead atoms. The standard InChI is InChI=1S/C15H20N4O4/c1-10(23-14(22)11-5-6-12(20)19-18-11)13(21)17-15(9-16)7-3-2-4-8-15/h10H,2-8H2,1H3,(H,17,21)(H,19,20)/t10-/m1/s1. The van der Waals surface area contributed by atoms with Crippen molar-refractivity contribution in [2.24, 2.45) is 5.10 Å². The zero-order chi connectivity index (χ0) is 16.9. The number of nitrogens with zero attached hydrogens (tertiary/aromatic N) is 2. The first-order valence-corrected chi connectivity index (χ1v) is 7.75. The first kappa shape index (κ1) is 16.9. The summed E-state index contributed by atoms with van der Waals surface area (Å²) in [5.41, 5.74) is 1.41. The highest BCUT2D eigenvalue weighted by molar-refractivity contribution is 6.37. The van der Waals surface area contributed by atoms with E-state index in [2.05, 4.69) is 21.9 Å². The average molecular weight is 320 g/mol. The van der Waals surface area contributed by atoms with Crippen LogP contribution >= 0.6 is 0 Å². The topological polar surface area (TPSA) is 121 Å². The number of carbonyl (C=O) groups is 3. The Labute approximate surface area is 134 Å². The van der Waals surface area contributed by atoms with E-state index in [1.807, 2.05) is 0 Å². The zero-order valence-electron chi connectivity index (χ0n) is 13.1. The number of ether oxygens (including phenoxy) is 1. The summed E-state index contributed by atoms with van der Waals surface area (Å²) in [6, 6.07) is 2.18. The molecular weight excluding hydrogens is 300 g/mol. The van der Waals surface area contributed by atoms with Crippen LogP contribution in [0.3, 0.4) is 0 Å². The van der Waals surface area contributed by atoms with Gasteiger partial charge in [0.25, 0.3) is 5.91 Å². The summed E-state index contributed by atoms with van der Waals surface area (Å²) < 4.78 is 5.08. The molecule has 1 heterocycles. The Morgan fingerprint density at radius 2 is 2.04 bits per heavy atom. The highest BCUT2D eigenvalue weighted by atomic mass is 16.5. The molecular formula is C15H20N4O4. The maximum atomic E-state index is 12.2. The summed E-state index contributed by atoms with van der Waals surface area (Å²) in [5, 5.41) is 15.7. The van der Waals surface area contributed by atoms with E-state index in [1.165, 1.54) is 6.92 Å². The molecule has 2 rings (SSSR count). The number of nitriles is 1. The van der Waals surface area contributed by atoms with Crippen LogP contribution in [0.15, 0.2) is 5.10 Å². The van der Waals surface area contributed by atoms with Crippen LogP contribution in [0.25, 0.3) is 0 Å². The van der Waals surface area contributed by atoms with Gasteiger partial charge >= 0.3 is 5.97 Å². The van der Waals surface area contributed by atoms with Crippen LogP contribution in [0.2, 0.25) is 0 Å². The molecule has 0 unspecified atom stereocenters. The number of hydrogen-bond acceptors (Lipinski definition) is 6. The monoisotopic (exact) mass is 320 g/mol. The zero-order valence-corrected chi connectivity index (χ0v) is 13.1. The lowest BCUT2D eigenvalue weighted by Gasteiger charge is -2.32. The number of rotatable bonds is 4. The molecule has 2 N–H and O–H groups in total. The van der Waals surface area contributed by atoms with Crippen LogP contribution in [-0.4, -0.2) is 35.1 Å². The lowest BCUT2D eigenvalue weighted by atomic mass is 9.83. The van der Waals surface area contributed by atoms with E-state index in [0.717, 1.165) is 19.3 Å². The highest BCUT2D eigenvalue weighted by Crippen LogP contribution is 2.27. The average Bonchev–Trinajstić information content (AvgIpc) is 2.56. The second kappa shape index (κ2) is 7.22. The maximum Gasteiger partial charge on any atom is 0.355 e. The fourth-order valence-electron chi connectivity index (χ4n) is 2.66. The SMILES string of the molecule is C[C@@H](OC(=O)C1=NNC(=O)CC1)C(=O)NC1(C#N)CCCCC1. The molecule has 1 saturated carbocycles. The molecule has 1 fully saturated rings. The molecule has 0 aromatic rings. The Kier molecular flexibility index (Phi) is 5.32. The van der Waals surface area contributed by atoms with Gasteiger partial charge < -0.3 is 10.1 Å². The number of hydrogen-bond donors (Lipinski definition) is 2. The van der Waals surface area contributed by atoms with Gasteiger partial charge in [-0.15, -0.1) is 0 Å². The van der Waals surface area contributed by atoms with E-state index >= 15 is 0 Å². The summed E-state index contributed by atoms with van der Waals surface area (Å²) in [6.07, 6.45) is 3.35. The van der Waals surface area contributed by atoms with Gasteiger partial charge in [-0.2, -0.15) is 10.4 Å². The van der Waals surface area contributed by atoms with E-state index in [-0.39, 0.29) is 24.5 Å². The normalized spacial score (nSPS) is 21.2. The summed E-state index contributed by atoms with van der Waals surface area (Å²) in [7, 11) is 0. The smallest absolute Gasteiger partial charge is 0.355 e. The van der Waals surface area contributed by atoms with Gasteiger partial charge in [0.1, 0.15) is 11.3 Å². The van der Waals surface area contributed by atoms with Crippen molar-refractivity contribution in [1.29, 1.82) is 5.26 Å². The van der Waals surface area contributed by atoms with E-state index < -0.39 is 23.5 Å². The molecule has 0 saturated heterocycles. The Morgan fingerprint density at radius 1 is 1.35 bits per heavy atom. The number of hydrazone groups is 1. The predicted molar refractivity (Wildman–Crippen MR) is 79.9 cm³/mol. The van der Waals surface area contributed by atoms with Gasteiger partial charge in [0.2, 0.25) is 5.91 Å².